The lowest BCUT2D eigenvalue weighted by Crippen LogP contribution is -2.48. The number of alkyl halides is 3. The van der Waals surface area contributed by atoms with Gasteiger partial charge in [0.1, 0.15) is 0 Å². The number of aromatic amines is 1. The van der Waals surface area contributed by atoms with E-state index in [-0.39, 0.29) is 17.3 Å². The molecule has 4 heterocycles. The van der Waals surface area contributed by atoms with Crippen LogP contribution in [0.15, 0.2) is 35.3 Å². The summed E-state index contributed by atoms with van der Waals surface area (Å²) in [5, 5.41) is 0. The lowest BCUT2D eigenvalue weighted by atomic mass is 9.79. The molecular formula is C26H27F3N4O2S. The van der Waals surface area contributed by atoms with Crippen LogP contribution >= 0.6 is 11.3 Å². The number of hydrogen-bond donors (Lipinski definition) is 1. The third-order valence-electron chi connectivity index (χ3n) is 7.82. The third-order valence-corrected chi connectivity index (χ3v) is 8.68. The van der Waals surface area contributed by atoms with Crippen LogP contribution in [0.2, 0.25) is 0 Å². The van der Waals surface area contributed by atoms with Gasteiger partial charge in [-0.2, -0.15) is 13.2 Å². The first kappa shape index (κ1) is 23.7. The van der Waals surface area contributed by atoms with Crippen LogP contribution in [0.25, 0.3) is 10.2 Å². The number of benzene rings is 1. The molecule has 2 aliphatic heterocycles. The van der Waals surface area contributed by atoms with E-state index in [4.69, 9.17) is 0 Å². The number of aromatic nitrogens is 2. The molecule has 6 nitrogen and oxygen atoms in total. The SMILES string of the molecule is O=C(N1CCc2cc(C(F)(F)F)cnc2C1)C1(CC2CC2)CCN(Cc2ccc3sc(=O)[nH]c3c2)C1. The summed E-state index contributed by atoms with van der Waals surface area (Å²) in [4.78, 5) is 36.6. The molecule has 10 heteroatoms. The van der Waals surface area contributed by atoms with Gasteiger partial charge in [-0.15, -0.1) is 0 Å². The average molecular weight is 517 g/mol. The summed E-state index contributed by atoms with van der Waals surface area (Å²) in [7, 11) is 0. The van der Waals surface area contributed by atoms with E-state index in [9.17, 15) is 22.8 Å². The number of fused-ring (bicyclic) bond motifs is 2. The van der Waals surface area contributed by atoms with E-state index in [1.54, 1.807) is 0 Å². The molecule has 1 amide bonds. The number of rotatable bonds is 5. The molecule has 0 radical (unpaired) electrons. The van der Waals surface area contributed by atoms with Gasteiger partial charge in [0.15, 0.2) is 0 Å². The van der Waals surface area contributed by atoms with Crippen LogP contribution < -0.4 is 4.87 Å². The molecule has 190 valence electrons. The highest BCUT2D eigenvalue weighted by Crippen LogP contribution is 2.47. The lowest BCUT2D eigenvalue weighted by molar-refractivity contribution is -0.143. The second-order valence-corrected chi connectivity index (χ2v) is 11.6. The van der Waals surface area contributed by atoms with Crippen molar-refractivity contribution in [2.45, 2.75) is 51.4 Å². The topological polar surface area (TPSA) is 69.3 Å². The zero-order chi connectivity index (χ0) is 25.1. The Balaban J connectivity index is 1.19. The molecule has 1 aliphatic carbocycles. The minimum absolute atomic E-state index is 0.0652. The Bertz CT molecular complexity index is 1380. The molecule has 1 atom stereocenters. The first-order valence-corrected chi connectivity index (χ1v) is 13.2. The van der Waals surface area contributed by atoms with Gasteiger partial charge in [0.05, 0.1) is 33.4 Å². The van der Waals surface area contributed by atoms with E-state index in [1.165, 1.54) is 17.4 Å². The number of nitrogens with one attached hydrogen (secondary N) is 1. The van der Waals surface area contributed by atoms with Crippen molar-refractivity contribution in [1.82, 2.24) is 19.8 Å². The van der Waals surface area contributed by atoms with Gasteiger partial charge in [0.25, 0.3) is 0 Å². The molecule has 3 aromatic rings. The summed E-state index contributed by atoms with van der Waals surface area (Å²) in [6, 6.07) is 7.20. The van der Waals surface area contributed by atoms with Gasteiger partial charge in [0.2, 0.25) is 5.91 Å². The van der Waals surface area contributed by atoms with Gasteiger partial charge in [-0.3, -0.25) is 19.5 Å². The molecule has 6 rings (SSSR count). The highest BCUT2D eigenvalue weighted by Gasteiger charge is 2.49. The number of amides is 1. The standard InChI is InChI=1S/C26H27F3N4O2S/c27-26(28,29)19-10-18-5-7-33(14-21(18)30-12-19)23(34)25(11-16-1-2-16)6-8-32(15-25)13-17-3-4-22-20(9-17)31-24(35)36-22/h3-4,9-10,12,16H,1-2,5-8,11,13-15H2,(H,31,35). The molecule has 36 heavy (non-hydrogen) atoms. The molecule has 1 aromatic carbocycles. The van der Waals surface area contributed by atoms with Crippen LogP contribution in [0.5, 0.6) is 0 Å². The van der Waals surface area contributed by atoms with Crippen LogP contribution in [-0.2, 0) is 30.5 Å². The second kappa shape index (κ2) is 8.69. The van der Waals surface area contributed by atoms with E-state index in [0.717, 1.165) is 54.2 Å². The molecule has 0 spiro atoms. The number of carbonyl (C=O) groups excluding carboxylic acids is 1. The van der Waals surface area contributed by atoms with Crippen molar-refractivity contribution in [1.29, 1.82) is 0 Å². The molecular weight excluding hydrogens is 489 g/mol. The molecule has 0 bridgehead atoms. The molecule has 3 aliphatic rings. The summed E-state index contributed by atoms with van der Waals surface area (Å²) in [5.74, 6) is 0.688. The Labute approximate surface area is 210 Å². The summed E-state index contributed by atoms with van der Waals surface area (Å²) in [6.07, 6.45) is 0.803. The van der Waals surface area contributed by atoms with Crippen molar-refractivity contribution >= 4 is 27.5 Å². The molecule has 1 saturated heterocycles. The van der Waals surface area contributed by atoms with Gasteiger partial charge < -0.3 is 9.88 Å². The summed E-state index contributed by atoms with van der Waals surface area (Å²) in [5.41, 5.74) is 1.89. The number of H-pyrrole nitrogens is 1. The zero-order valence-corrected chi connectivity index (χ0v) is 20.6. The first-order valence-electron chi connectivity index (χ1n) is 12.4. The first-order chi connectivity index (χ1) is 17.2. The lowest BCUT2D eigenvalue weighted by Gasteiger charge is -2.37. The van der Waals surface area contributed by atoms with Crippen molar-refractivity contribution in [2.75, 3.05) is 19.6 Å². The largest absolute Gasteiger partial charge is 0.417 e. The van der Waals surface area contributed by atoms with Crippen molar-refractivity contribution in [2.24, 2.45) is 11.3 Å². The van der Waals surface area contributed by atoms with E-state index in [0.29, 0.717) is 43.2 Å². The number of pyridine rings is 1. The van der Waals surface area contributed by atoms with Gasteiger partial charge in [-0.1, -0.05) is 30.2 Å². The predicted molar refractivity (Wildman–Crippen MR) is 130 cm³/mol. The van der Waals surface area contributed by atoms with Crippen molar-refractivity contribution < 1.29 is 18.0 Å². The van der Waals surface area contributed by atoms with Crippen LogP contribution in [0, 0.1) is 11.3 Å². The Morgan fingerprint density at radius 2 is 2.06 bits per heavy atom. The van der Waals surface area contributed by atoms with E-state index in [2.05, 4.69) is 14.9 Å². The number of carbonyl (C=O) groups is 1. The summed E-state index contributed by atoms with van der Waals surface area (Å²) >= 11 is 1.20. The smallest absolute Gasteiger partial charge is 0.336 e. The Morgan fingerprint density at radius 3 is 2.83 bits per heavy atom. The molecule has 1 unspecified atom stereocenters. The normalized spacial score (nSPS) is 22.8. The maximum absolute atomic E-state index is 14.0. The van der Waals surface area contributed by atoms with Crippen LogP contribution in [-0.4, -0.2) is 45.3 Å². The molecule has 1 N–H and O–H groups in total. The summed E-state index contributed by atoms with van der Waals surface area (Å²) < 4.78 is 40.2. The van der Waals surface area contributed by atoms with Crippen molar-refractivity contribution in [3.05, 3.63) is 62.5 Å². The Hall–Kier alpha value is -2.72. The molecule has 1 saturated carbocycles. The number of hydrogen-bond acceptors (Lipinski definition) is 5. The number of halogens is 3. The van der Waals surface area contributed by atoms with Crippen LogP contribution in [0.1, 0.15) is 48.1 Å². The highest BCUT2D eigenvalue weighted by atomic mass is 32.1. The average Bonchev–Trinajstić information content (AvgIpc) is 3.43. The van der Waals surface area contributed by atoms with Gasteiger partial charge >= 0.3 is 11.0 Å². The fourth-order valence-electron chi connectivity index (χ4n) is 5.83. The number of thiazole rings is 1. The monoisotopic (exact) mass is 516 g/mol. The number of likely N-dealkylation sites (tertiary alicyclic amines) is 1. The second-order valence-electron chi connectivity index (χ2n) is 10.5. The summed E-state index contributed by atoms with van der Waals surface area (Å²) in [6.45, 7) is 2.88. The van der Waals surface area contributed by atoms with E-state index >= 15 is 0 Å². The fraction of sp³-hybridized carbons (Fsp3) is 0.500. The van der Waals surface area contributed by atoms with Crippen LogP contribution in [0.3, 0.4) is 0 Å². The third kappa shape index (κ3) is 4.56. The maximum Gasteiger partial charge on any atom is 0.417 e. The molecule has 2 aromatic heterocycles. The van der Waals surface area contributed by atoms with E-state index < -0.39 is 17.2 Å². The number of nitrogens with zero attached hydrogens (tertiary/aromatic N) is 3. The quantitative estimate of drug-likeness (QED) is 0.539. The van der Waals surface area contributed by atoms with E-state index in [1.807, 2.05) is 23.1 Å². The van der Waals surface area contributed by atoms with Gasteiger partial charge in [-0.25, -0.2) is 0 Å². The van der Waals surface area contributed by atoms with Crippen molar-refractivity contribution in [3.63, 3.8) is 0 Å². The minimum Gasteiger partial charge on any atom is -0.336 e. The maximum atomic E-state index is 14.0. The van der Waals surface area contributed by atoms with Crippen LogP contribution in [0.4, 0.5) is 13.2 Å². The van der Waals surface area contributed by atoms with Gasteiger partial charge in [-0.05, 0) is 61.1 Å². The highest BCUT2D eigenvalue weighted by molar-refractivity contribution is 7.16. The molecule has 2 fully saturated rings. The zero-order valence-electron chi connectivity index (χ0n) is 19.7. The Kier molecular flexibility index (Phi) is 5.71. The van der Waals surface area contributed by atoms with Crippen molar-refractivity contribution in [3.8, 4) is 0 Å². The fourth-order valence-corrected chi connectivity index (χ4v) is 6.55. The predicted octanol–water partition coefficient (Wildman–Crippen LogP) is 4.58. The van der Waals surface area contributed by atoms with Gasteiger partial charge in [0, 0.05) is 25.8 Å². The minimum atomic E-state index is -4.42. The Morgan fingerprint density at radius 1 is 1.22 bits per heavy atom.